The van der Waals surface area contributed by atoms with Crippen molar-refractivity contribution in [2.24, 2.45) is 18.4 Å². The molecule has 3 aliphatic rings. The van der Waals surface area contributed by atoms with Gasteiger partial charge in [-0.15, -0.1) is 0 Å². The van der Waals surface area contributed by atoms with Crippen LogP contribution in [0.4, 0.5) is 10.2 Å². The van der Waals surface area contributed by atoms with Crippen LogP contribution >= 0.6 is 0 Å². The average molecular weight is 504 g/mol. The van der Waals surface area contributed by atoms with Gasteiger partial charge in [0.15, 0.2) is 5.82 Å². The Morgan fingerprint density at radius 3 is 2.60 bits per heavy atom. The summed E-state index contributed by atoms with van der Waals surface area (Å²) >= 11 is 0. The Balaban J connectivity index is 1.57. The third kappa shape index (κ3) is 4.47. The normalized spacial score (nSPS) is 19.5. The maximum atomic E-state index is 13.5. The van der Waals surface area contributed by atoms with Crippen LogP contribution in [0.2, 0.25) is 0 Å². The molecule has 2 aromatic rings. The van der Waals surface area contributed by atoms with Crippen LogP contribution in [0.3, 0.4) is 0 Å². The molecule has 0 unspecified atom stereocenters. The molecule has 2 heterocycles. The number of rotatable bonds is 9. The van der Waals surface area contributed by atoms with Gasteiger partial charge in [0, 0.05) is 50.1 Å². The third-order valence-electron chi connectivity index (χ3n) is 7.44. The van der Waals surface area contributed by atoms with Crippen LogP contribution in [0.5, 0.6) is 0 Å². The third-order valence-corrected chi connectivity index (χ3v) is 8.87. The number of aromatic nitrogens is 2. The Morgan fingerprint density at radius 2 is 2.00 bits per heavy atom. The summed E-state index contributed by atoms with van der Waals surface area (Å²) in [6.07, 6.45) is 3.39. The molecular formula is C24H30FN5O4S. The first kappa shape index (κ1) is 23.9. The van der Waals surface area contributed by atoms with Gasteiger partial charge >= 0.3 is 0 Å². The molecule has 11 heteroatoms. The molecule has 1 aromatic carbocycles. The molecule has 2 amide bonds. The molecule has 1 aliphatic heterocycles. The predicted octanol–water partition coefficient (Wildman–Crippen LogP) is 2.83. The monoisotopic (exact) mass is 503 g/mol. The van der Waals surface area contributed by atoms with Crippen molar-refractivity contribution in [2.45, 2.75) is 57.0 Å². The second-order valence-corrected chi connectivity index (χ2v) is 11.9. The van der Waals surface area contributed by atoms with Gasteiger partial charge in [-0.2, -0.15) is 5.10 Å². The van der Waals surface area contributed by atoms with Crippen molar-refractivity contribution >= 4 is 27.7 Å². The number of nitrogens with zero attached hydrogens (tertiary/aromatic N) is 3. The quantitative estimate of drug-likeness (QED) is 0.546. The lowest BCUT2D eigenvalue weighted by Crippen LogP contribution is -2.36. The standard InChI is InChI=1S/C24H30FN5O4S/c1-14(16-4-5-16)30-11-18-8-17(19-10-21(27-15(2)31)28-29(19)3)9-20(22(18)23(30)32)35(33,34)26-13-24(12-25)6-7-24/h8-10,14,16,26H,4-7,11-13H2,1-3H3,(H,27,28,31)/t14-/m0/s1. The SMILES string of the molecule is CC(=O)Nc1cc(-c2cc3c(c(S(=O)(=O)NCC4(CF)CC4)c2)C(=O)N([C@@H](C)C2CC2)C3)n(C)n1. The fraction of sp³-hybridized carbons (Fsp3) is 0.542. The summed E-state index contributed by atoms with van der Waals surface area (Å²) < 4.78 is 44.5. The zero-order valence-electron chi connectivity index (χ0n) is 20.1. The van der Waals surface area contributed by atoms with Crippen LogP contribution < -0.4 is 10.0 Å². The number of benzene rings is 1. The van der Waals surface area contributed by atoms with Gasteiger partial charge in [0.1, 0.15) is 0 Å². The van der Waals surface area contributed by atoms with Gasteiger partial charge in [-0.1, -0.05) is 0 Å². The lowest BCUT2D eigenvalue weighted by atomic mass is 10.0. The lowest BCUT2D eigenvalue weighted by Gasteiger charge is -2.24. The number of amides is 2. The maximum Gasteiger partial charge on any atom is 0.256 e. The van der Waals surface area contributed by atoms with Crippen molar-refractivity contribution in [1.82, 2.24) is 19.4 Å². The second kappa shape index (κ2) is 8.41. The Hall–Kier alpha value is -2.79. The van der Waals surface area contributed by atoms with E-state index < -0.39 is 22.1 Å². The van der Waals surface area contributed by atoms with Crippen LogP contribution in [-0.4, -0.2) is 54.2 Å². The molecule has 1 aromatic heterocycles. The first-order chi connectivity index (χ1) is 16.5. The van der Waals surface area contributed by atoms with E-state index in [0.29, 0.717) is 47.9 Å². The number of aryl methyl sites for hydroxylation is 1. The molecule has 9 nitrogen and oxygen atoms in total. The van der Waals surface area contributed by atoms with Crippen molar-refractivity contribution in [3.8, 4) is 11.3 Å². The van der Waals surface area contributed by atoms with Gasteiger partial charge in [0.25, 0.3) is 5.91 Å². The topological polar surface area (TPSA) is 113 Å². The van der Waals surface area contributed by atoms with Crippen LogP contribution in [-0.2, 0) is 28.4 Å². The Labute approximate surface area is 204 Å². The molecular weight excluding hydrogens is 473 g/mol. The van der Waals surface area contributed by atoms with E-state index in [0.717, 1.165) is 12.8 Å². The van der Waals surface area contributed by atoms with Crippen LogP contribution in [0.25, 0.3) is 11.3 Å². The van der Waals surface area contributed by atoms with E-state index in [1.807, 2.05) is 13.0 Å². The van der Waals surface area contributed by atoms with Crippen molar-refractivity contribution < 1.29 is 22.4 Å². The minimum atomic E-state index is -4.09. The lowest BCUT2D eigenvalue weighted by molar-refractivity contribution is -0.114. The van der Waals surface area contributed by atoms with Crippen molar-refractivity contribution in [2.75, 3.05) is 18.5 Å². The number of alkyl halides is 1. The van der Waals surface area contributed by atoms with Crippen LogP contribution in [0.1, 0.15) is 55.5 Å². The van der Waals surface area contributed by atoms with Crippen LogP contribution in [0.15, 0.2) is 23.1 Å². The Morgan fingerprint density at radius 1 is 1.29 bits per heavy atom. The molecule has 2 aliphatic carbocycles. The molecule has 1 atom stereocenters. The fourth-order valence-electron chi connectivity index (χ4n) is 4.80. The second-order valence-electron chi connectivity index (χ2n) is 10.2. The van der Waals surface area contributed by atoms with E-state index in [4.69, 9.17) is 0 Å². The number of fused-ring (bicyclic) bond motifs is 1. The number of halogens is 1. The smallest absolute Gasteiger partial charge is 0.256 e. The number of sulfonamides is 1. The van der Waals surface area contributed by atoms with Gasteiger partial charge < -0.3 is 10.2 Å². The molecule has 0 bridgehead atoms. The molecule has 2 fully saturated rings. The maximum absolute atomic E-state index is 13.5. The molecule has 35 heavy (non-hydrogen) atoms. The minimum absolute atomic E-state index is 0.000391. The molecule has 0 radical (unpaired) electrons. The molecule has 188 valence electrons. The van der Waals surface area contributed by atoms with Crippen molar-refractivity contribution in [3.05, 3.63) is 29.3 Å². The zero-order valence-corrected chi connectivity index (χ0v) is 20.9. The molecule has 0 spiro atoms. The highest BCUT2D eigenvalue weighted by atomic mass is 32.2. The molecule has 0 saturated heterocycles. The number of hydrogen-bond donors (Lipinski definition) is 2. The van der Waals surface area contributed by atoms with E-state index in [-0.39, 0.29) is 34.9 Å². The first-order valence-electron chi connectivity index (χ1n) is 11.9. The number of nitrogens with one attached hydrogen (secondary N) is 2. The van der Waals surface area contributed by atoms with E-state index >= 15 is 0 Å². The largest absolute Gasteiger partial charge is 0.331 e. The highest BCUT2D eigenvalue weighted by molar-refractivity contribution is 7.89. The summed E-state index contributed by atoms with van der Waals surface area (Å²) in [5, 5.41) is 6.92. The highest BCUT2D eigenvalue weighted by Crippen LogP contribution is 2.46. The van der Waals surface area contributed by atoms with Gasteiger partial charge in [-0.25, -0.2) is 13.1 Å². The van der Waals surface area contributed by atoms with Gasteiger partial charge in [0.2, 0.25) is 15.9 Å². The number of carbonyl (C=O) groups is 2. The summed E-state index contributed by atoms with van der Waals surface area (Å²) in [4.78, 5) is 26.6. The molecule has 2 N–H and O–H groups in total. The number of hydrogen-bond acceptors (Lipinski definition) is 5. The van der Waals surface area contributed by atoms with E-state index in [2.05, 4.69) is 15.1 Å². The molecule has 5 rings (SSSR count). The van der Waals surface area contributed by atoms with Gasteiger partial charge in [-0.3, -0.25) is 18.7 Å². The van der Waals surface area contributed by atoms with E-state index in [9.17, 15) is 22.4 Å². The Bertz CT molecular complexity index is 1310. The van der Waals surface area contributed by atoms with Gasteiger partial charge in [-0.05, 0) is 56.2 Å². The Kier molecular flexibility index (Phi) is 5.75. The summed E-state index contributed by atoms with van der Waals surface area (Å²) in [6, 6.07) is 4.99. The first-order valence-corrected chi connectivity index (χ1v) is 13.4. The van der Waals surface area contributed by atoms with E-state index in [1.165, 1.54) is 13.0 Å². The number of carbonyl (C=O) groups excluding carboxylic acids is 2. The highest BCUT2D eigenvalue weighted by Gasteiger charge is 2.45. The predicted molar refractivity (Wildman–Crippen MR) is 128 cm³/mol. The summed E-state index contributed by atoms with van der Waals surface area (Å²) in [6.45, 7) is 3.13. The summed E-state index contributed by atoms with van der Waals surface area (Å²) in [5.41, 5.74) is 1.34. The van der Waals surface area contributed by atoms with Crippen molar-refractivity contribution in [1.29, 1.82) is 0 Å². The minimum Gasteiger partial charge on any atom is -0.331 e. The van der Waals surface area contributed by atoms with Crippen molar-refractivity contribution in [3.63, 3.8) is 0 Å². The van der Waals surface area contributed by atoms with E-state index in [1.54, 1.807) is 22.7 Å². The fourth-order valence-corrected chi connectivity index (χ4v) is 6.22. The number of anilines is 1. The zero-order chi connectivity index (χ0) is 25.1. The molecule has 2 saturated carbocycles. The average Bonchev–Trinajstić information content (AvgIpc) is 3.72. The van der Waals surface area contributed by atoms with Gasteiger partial charge in [0.05, 0.1) is 22.8 Å². The summed E-state index contributed by atoms with van der Waals surface area (Å²) in [7, 11) is -2.40. The summed E-state index contributed by atoms with van der Waals surface area (Å²) in [5.74, 6) is 0.217. The van der Waals surface area contributed by atoms with Crippen LogP contribution in [0, 0.1) is 11.3 Å².